The molecule has 0 aliphatic carbocycles. The molecule has 0 aliphatic heterocycles. The molecule has 0 heterocycles. The fourth-order valence-corrected chi connectivity index (χ4v) is 2.50. The number of hydrogen-bond donors (Lipinski definition) is 1. The molecule has 1 aromatic carbocycles. The van der Waals surface area contributed by atoms with Crippen LogP contribution in [-0.2, 0) is 0 Å². The van der Waals surface area contributed by atoms with Crippen molar-refractivity contribution in [2.24, 2.45) is 5.73 Å². The highest BCUT2D eigenvalue weighted by Gasteiger charge is 2.19. The molecule has 0 aliphatic rings. The Morgan fingerprint density at radius 3 is 2.41 bits per heavy atom. The molecule has 17 heavy (non-hydrogen) atoms. The van der Waals surface area contributed by atoms with Crippen LogP contribution in [0.5, 0.6) is 0 Å². The summed E-state index contributed by atoms with van der Waals surface area (Å²) in [4.78, 5) is 2.34. The number of halogens is 2. The minimum Gasteiger partial charge on any atom is -0.329 e. The summed E-state index contributed by atoms with van der Waals surface area (Å²) < 4.78 is 2.15. The van der Waals surface area contributed by atoms with E-state index < -0.39 is 0 Å². The third-order valence-corrected chi connectivity index (χ3v) is 5.21. The van der Waals surface area contributed by atoms with Crippen LogP contribution in [0.25, 0.3) is 0 Å². The molecule has 0 fully saturated rings. The average molecular weight is 364 g/mol. The summed E-state index contributed by atoms with van der Waals surface area (Å²) in [6, 6.07) is 7.14. The Bertz CT molecular complexity index is 368. The lowest BCUT2D eigenvalue weighted by atomic mass is 10.0. The number of nitrogens with two attached hydrogens (primary N) is 1. The maximum atomic E-state index is 5.92. The Morgan fingerprint density at radius 1 is 1.29 bits per heavy atom. The van der Waals surface area contributed by atoms with Gasteiger partial charge in [-0.3, -0.25) is 4.90 Å². The number of hydrogen-bond acceptors (Lipinski definition) is 2. The molecule has 4 heteroatoms. The van der Waals surface area contributed by atoms with Crippen LogP contribution in [0.2, 0.25) is 0 Å². The van der Waals surface area contributed by atoms with E-state index in [1.165, 1.54) is 5.56 Å². The summed E-state index contributed by atoms with van der Waals surface area (Å²) >= 11 is 7.03. The molecule has 0 bridgehead atoms. The van der Waals surface area contributed by atoms with Crippen molar-refractivity contribution in [3.05, 3.63) is 32.7 Å². The van der Waals surface area contributed by atoms with Crippen LogP contribution in [0, 0.1) is 0 Å². The van der Waals surface area contributed by atoms with E-state index in [2.05, 4.69) is 75.9 Å². The molecule has 0 radical (unpaired) electrons. The Balaban J connectivity index is 2.97. The first-order valence-electron chi connectivity index (χ1n) is 5.88. The van der Waals surface area contributed by atoms with Crippen molar-refractivity contribution in [2.45, 2.75) is 32.4 Å². The van der Waals surface area contributed by atoms with Crippen molar-refractivity contribution in [1.82, 2.24) is 4.90 Å². The molecule has 1 rings (SSSR count). The van der Waals surface area contributed by atoms with Gasteiger partial charge in [0.15, 0.2) is 0 Å². The van der Waals surface area contributed by atoms with Gasteiger partial charge in [-0.2, -0.15) is 0 Å². The second kappa shape index (κ2) is 6.88. The molecule has 0 saturated heterocycles. The van der Waals surface area contributed by atoms with Gasteiger partial charge in [-0.05, 0) is 69.9 Å². The van der Waals surface area contributed by atoms with E-state index in [1.807, 2.05) is 0 Å². The molecule has 0 aromatic heterocycles. The molecular weight excluding hydrogens is 344 g/mol. The number of rotatable bonds is 5. The minimum absolute atomic E-state index is 0.273. The van der Waals surface area contributed by atoms with E-state index in [9.17, 15) is 0 Å². The second-order valence-electron chi connectivity index (χ2n) is 4.35. The highest BCUT2D eigenvalue weighted by Crippen LogP contribution is 2.29. The molecule has 1 aromatic rings. The summed E-state index contributed by atoms with van der Waals surface area (Å²) in [6.07, 6.45) is 1.13. The molecule has 2 nitrogen and oxygen atoms in total. The summed E-state index contributed by atoms with van der Waals surface area (Å²) in [5, 5.41) is 0. The monoisotopic (exact) mass is 362 g/mol. The summed E-state index contributed by atoms with van der Waals surface area (Å²) in [6.45, 7) is 5.07. The lowest BCUT2D eigenvalue weighted by molar-refractivity contribution is 0.184. The van der Waals surface area contributed by atoms with E-state index in [4.69, 9.17) is 5.73 Å². The minimum atomic E-state index is 0.273. The molecule has 0 saturated carbocycles. The Morgan fingerprint density at radius 2 is 1.94 bits per heavy atom. The first-order valence-corrected chi connectivity index (χ1v) is 7.46. The van der Waals surface area contributed by atoms with E-state index in [1.54, 1.807) is 0 Å². The van der Waals surface area contributed by atoms with Gasteiger partial charge in [-0.1, -0.05) is 13.0 Å². The van der Waals surface area contributed by atoms with Crippen LogP contribution in [0.1, 0.15) is 31.9 Å². The summed E-state index contributed by atoms with van der Waals surface area (Å²) in [7, 11) is 2.14. The average Bonchev–Trinajstić information content (AvgIpc) is 2.33. The molecule has 0 amide bonds. The Hall–Kier alpha value is 0.1000. The van der Waals surface area contributed by atoms with Gasteiger partial charge in [-0.15, -0.1) is 0 Å². The maximum absolute atomic E-state index is 5.92. The maximum Gasteiger partial charge on any atom is 0.0470 e. The van der Waals surface area contributed by atoms with Crippen LogP contribution >= 0.6 is 31.9 Å². The SMILES string of the molecule is CCC(C)N(C)C(CN)c1ccc(Br)c(Br)c1. The van der Waals surface area contributed by atoms with E-state index in [0.29, 0.717) is 12.6 Å². The Kier molecular flexibility index (Phi) is 6.13. The van der Waals surface area contributed by atoms with Crippen molar-refractivity contribution >= 4 is 31.9 Å². The van der Waals surface area contributed by atoms with E-state index in [0.717, 1.165) is 15.4 Å². The van der Waals surface area contributed by atoms with Crippen LogP contribution in [-0.4, -0.2) is 24.5 Å². The second-order valence-corrected chi connectivity index (χ2v) is 6.06. The number of benzene rings is 1. The largest absolute Gasteiger partial charge is 0.329 e. The molecule has 2 N–H and O–H groups in total. The molecule has 2 unspecified atom stereocenters. The zero-order valence-corrected chi connectivity index (χ0v) is 13.8. The summed E-state index contributed by atoms with van der Waals surface area (Å²) in [5.41, 5.74) is 7.17. The van der Waals surface area contributed by atoms with Gasteiger partial charge >= 0.3 is 0 Å². The smallest absolute Gasteiger partial charge is 0.0470 e. The van der Waals surface area contributed by atoms with Crippen molar-refractivity contribution in [3.8, 4) is 0 Å². The van der Waals surface area contributed by atoms with Crippen molar-refractivity contribution in [1.29, 1.82) is 0 Å². The molecule has 2 atom stereocenters. The van der Waals surface area contributed by atoms with Gasteiger partial charge in [0.1, 0.15) is 0 Å². The van der Waals surface area contributed by atoms with Gasteiger partial charge in [-0.25, -0.2) is 0 Å². The van der Waals surface area contributed by atoms with Crippen LogP contribution in [0.4, 0.5) is 0 Å². The van der Waals surface area contributed by atoms with Gasteiger partial charge in [0.2, 0.25) is 0 Å². The standard InChI is InChI=1S/C13H20Br2N2/c1-4-9(2)17(3)13(8-16)10-5-6-11(14)12(15)7-10/h5-7,9,13H,4,8,16H2,1-3H3. The van der Waals surface area contributed by atoms with Crippen LogP contribution < -0.4 is 5.73 Å². The van der Waals surface area contributed by atoms with Crippen LogP contribution in [0.15, 0.2) is 27.1 Å². The predicted molar refractivity (Wildman–Crippen MR) is 81.2 cm³/mol. The van der Waals surface area contributed by atoms with Gasteiger partial charge in [0.25, 0.3) is 0 Å². The zero-order valence-electron chi connectivity index (χ0n) is 10.6. The fourth-order valence-electron chi connectivity index (χ4n) is 1.85. The van der Waals surface area contributed by atoms with Crippen molar-refractivity contribution in [3.63, 3.8) is 0 Å². The van der Waals surface area contributed by atoms with E-state index in [-0.39, 0.29) is 6.04 Å². The third kappa shape index (κ3) is 3.78. The highest BCUT2D eigenvalue weighted by atomic mass is 79.9. The molecule has 96 valence electrons. The van der Waals surface area contributed by atoms with Crippen molar-refractivity contribution in [2.75, 3.05) is 13.6 Å². The van der Waals surface area contributed by atoms with Crippen LogP contribution in [0.3, 0.4) is 0 Å². The number of likely N-dealkylation sites (N-methyl/N-ethyl adjacent to an activating group) is 1. The topological polar surface area (TPSA) is 29.3 Å². The summed E-state index contributed by atoms with van der Waals surface area (Å²) in [5.74, 6) is 0. The predicted octanol–water partition coefficient (Wildman–Crippen LogP) is 3.94. The van der Waals surface area contributed by atoms with E-state index >= 15 is 0 Å². The fraction of sp³-hybridized carbons (Fsp3) is 0.538. The third-order valence-electron chi connectivity index (χ3n) is 3.33. The van der Waals surface area contributed by atoms with Crippen molar-refractivity contribution < 1.29 is 0 Å². The highest BCUT2D eigenvalue weighted by molar-refractivity contribution is 9.13. The van der Waals surface area contributed by atoms with Gasteiger partial charge < -0.3 is 5.73 Å². The first kappa shape index (κ1) is 15.2. The quantitative estimate of drug-likeness (QED) is 0.858. The molecule has 0 spiro atoms. The zero-order chi connectivity index (χ0) is 13.0. The normalized spacial score (nSPS) is 15.0. The van der Waals surface area contributed by atoms with Gasteiger partial charge in [0, 0.05) is 27.6 Å². The Labute approximate surface area is 121 Å². The number of nitrogens with zero attached hydrogens (tertiary/aromatic N) is 1. The molecular formula is C13H20Br2N2. The lowest BCUT2D eigenvalue weighted by Crippen LogP contribution is -2.36. The van der Waals surface area contributed by atoms with Gasteiger partial charge in [0.05, 0.1) is 0 Å². The lowest BCUT2D eigenvalue weighted by Gasteiger charge is -2.32. The first-order chi connectivity index (χ1) is 8.01.